The number of hydrogen-bond acceptors (Lipinski definition) is 4. The third-order valence-corrected chi connectivity index (χ3v) is 3.48. The molecule has 0 radical (unpaired) electrons. The fraction of sp³-hybridized carbons (Fsp3) is 0.533. The first kappa shape index (κ1) is 16.3. The molecule has 4 N–H and O–H groups in total. The SMILES string of the molecule is COc1ccc(CCNCCC(C)(C)C(N)=NO)cc1. The molecular weight excluding hydrogens is 254 g/mol. The minimum atomic E-state index is -0.290. The quantitative estimate of drug-likeness (QED) is 0.223. The Kier molecular flexibility index (Phi) is 6.31. The summed E-state index contributed by atoms with van der Waals surface area (Å²) in [7, 11) is 1.67. The lowest BCUT2D eigenvalue weighted by atomic mass is 9.88. The predicted octanol–water partition coefficient (Wildman–Crippen LogP) is 1.99. The Bertz CT molecular complexity index is 427. The van der Waals surface area contributed by atoms with Gasteiger partial charge in [0.25, 0.3) is 0 Å². The first-order valence-electron chi connectivity index (χ1n) is 6.81. The largest absolute Gasteiger partial charge is 0.497 e. The summed E-state index contributed by atoms with van der Waals surface area (Å²) in [5.74, 6) is 1.15. The van der Waals surface area contributed by atoms with E-state index in [0.717, 1.165) is 31.7 Å². The number of hydrogen-bond donors (Lipinski definition) is 3. The number of rotatable bonds is 8. The van der Waals surface area contributed by atoms with Gasteiger partial charge < -0.3 is 21.0 Å². The van der Waals surface area contributed by atoms with Crippen molar-refractivity contribution in [3.63, 3.8) is 0 Å². The maximum Gasteiger partial charge on any atom is 0.144 e. The predicted molar refractivity (Wildman–Crippen MR) is 81.4 cm³/mol. The van der Waals surface area contributed by atoms with Crippen LogP contribution in [-0.2, 0) is 6.42 Å². The van der Waals surface area contributed by atoms with Gasteiger partial charge in [-0.3, -0.25) is 0 Å². The first-order chi connectivity index (χ1) is 9.49. The Morgan fingerprint density at radius 1 is 1.30 bits per heavy atom. The van der Waals surface area contributed by atoms with E-state index >= 15 is 0 Å². The number of nitrogens with two attached hydrogens (primary N) is 1. The van der Waals surface area contributed by atoms with Crippen molar-refractivity contribution >= 4 is 5.84 Å². The fourth-order valence-corrected chi connectivity index (χ4v) is 1.81. The van der Waals surface area contributed by atoms with Gasteiger partial charge in [0.05, 0.1) is 7.11 Å². The lowest BCUT2D eigenvalue weighted by molar-refractivity contribution is 0.305. The molecule has 112 valence electrons. The molecule has 0 spiro atoms. The molecular formula is C15H25N3O2. The molecule has 0 aliphatic rings. The number of ether oxygens (including phenoxy) is 1. The summed E-state index contributed by atoms with van der Waals surface area (Å²) in [6.07, 6.45) is 1.79. The van der Waals surface area contributed by atoms with Crippen molar-refractivity contribution in [3.05, 3.63) is 29.8 Å². The standard InChI is InChI=1S/C15H25N3O2/c1-15(2,14(16)18-19)9-11-17-10-8-12-4-6-13(20-3)7-5-12/h4-7,17,19H,8-11H2,1-3H3,(H2,16,18). The van der Waals surface area contributed by atoms with E-state index in [-0.39, 0.29) is 11.3 Å². The van der Waals surface area contributed by atoms with Crippen LogP contribution in [0.5, 0.6) is 5.75 Å². The van der Waals surface area contributed by atoms with E-state index in [4.69, 9.17) is 15.7 Å². The summed E-state index contributed by atoms with van der Waals surface area (Å²) in [5, 5.41) is 15.1. The van der Waals surface area contributed by atoms with Gasteiger partial charge >= 0.3 is 0 Å². The average Bonchev–Trinajstić information content (AvgIpc) is 2.46. The molecule has 5 nitrogen and oxygen atoms in total. The zero-order valence-electron chi connectivity index (χ0n) is 12.5. The second kappa shape index (κ2) is 7.75. The number of benzene rings is 1. The van der Waals surface area contributed by atoms with Gasteiger partial charge in [-0.1, -0.05) is 31.1 Å². The van der Waals surface area contributed by atoms with Crippen LogP contribution in [0.3, 0.4) is 0 Å². The highest BCUT2D eigenvalue weighted by Gasteiger charge is 2.22. The van der Waals surface area contributed by atoms with Crippen molar-refractivity contribution < 1.29 is 9.94 Å². The van der Waals surface area contributed by atoms with Gasteiger partial charge in [0.1, 0.15) is 11.6 Å². The van der Waals surface area contributed by atoms with E-state index in [1.54, 1.807) is 7.11 Å². The second-order valence-electron chi connectivity index (χ2n) is 5.47. The average molecular weight is 279 g/mol. The number of nitrogens with one attached hydrogen (secondary N) is 1. The zero-order chi connectivity index (χ0) is 15.0. The third kappa shape index (κ3) is 5.09. The maximum atomic E-state index is 8.70. The van der Waals surface area contributed by atoms with Gasteiger partial charge in [0.2, 0.25) is 0 Å². The molecule has 1 aromatic rings. The molecule has 0 aliphatic carbocycles. The van der Waals surface area contributed by atoms with Gasteiger partial charge in [-0.15, -0.1) is 0 Å². The molecule has 0 aliphatic heterocycles. The lowest BCUT2D eigenvalue weighted by Gasteiger charge is -2.22. The highest BCUT2D eigenvalue weighted by Crippen LogP contribution is 2.19. The monoisotopic (exact) mass is 279 g/mol. The number of nitrogens with zero attached hydrogens (tertiary/aromatic N) is 1. The van der Waals surface area contributed by atoms with Crippen molar-refractivity contribution in [2.75, 3.05) is 20.2 Å². The molecule has 5 heteroatoms. The summed E-state index contributed by atoms with van der Waals surface area (Å²) < 4.78 is 5.12. The van der Waals surface area contributed by atoms with E-state index in [0.29, 0.717) is 0 Å². The minimum Gasteiger partial charge on any atom is -0.497 e. The van der Waals surface area contributed by atoms with Crippen molar-refractivity contribution in [3.8, 4) is 5.75 Å². The molecule has 0 unspecified atom stereocenters. The maximum absolute atomic E-state index is 8.70. The van der Waals surface area contributed by atoms with Crippen molar-refractivity contribution in [2.24, 2.45) is 16.3 Å². The van der Waals surface area contributed by atoms with Crippen LogP contribution in [0.2, 0.25) is 0 Å². The van der Waals surface area contributed by atoms with Gasteiger partial charge in [-0.2, -0.15) is 0 Å². The van der Waals surface area contributed by atoms with Crippen LogP contribution in [0.15, 0.2) is 29.4 Å². The van der Waals surface area contributed by atoms with E-state index in [1.165, 1.54) is 5.56 Å². The summed E-state index contributed by atoms with van der Waals surface area (Å²) in [6, 6.07) is 8.08. The van der Waals surface area contributed by atoms with E-state index in [9.17, 15) is 0 Å². The summed E-state index contributed by atoms with van der Waals surface area (Å²) in [6.45, 7) is 5.67. The Morgan fingerprint density at radius 3 is 2.50 bits per heavy atom. The molecule has 0 fully saturated rings. The van der Waals surface area contributed by atoms with Crippen molar-refractivity contribution in [1.29, 1.82) is 0 Å². The van der Waals surface area contributed by atoms with Crippen LogP contribution < -0.4 is 15.8 Å². The Hall–Kier alpha value is -1.75. The van der Waals surface area contributed by atoms with Crippen LogP contribution >= 0.6 is 0 Å². The minimum absolute atomic E-state index is 0.273. The molecule has 0 bridgehead atoms. The normalized spacial score (nSPS) is 12.4. The van der Waals surface area contributed by atoms with Crippen molar-refractivity contribution in [2.45, 2.75) is 26.7 Å². The molecule has 0 atom stereocenters. The molecule has 0 saturated heterocycles. The van der Waals surface area contributed by atoms with Gasteiger partial charge in [0, 0.05) is 5.41 Å². The van der Waals surface area contributed by atoms with Gasteiger partial charge in [-0.05, 0) is 43.6 Å². The highest BCUT2D eigenvalue weighted by molar-refractivity contribution is 5.85. The second-order valence-corrected chi connectivity index (χ2v) is 5.47. The highest BCUT2D eigenvalue weighted by atomic mass is 16.5. The fourth-order valence-electron chi connectivity index (χ4n) is 1.81. The van der Waals surface area contributed by atoms with E-state index in [2.05, 4.69) is 22.6 Å². The Balaban J connectivity index is 2.25. The molecule has 0 amide bonds. The van der Waals surface area contributed by atoms with E-state index in [1.807, 2.05) is 26.0 Å². The van der Waals surface area contributed by atoms with Crippen LogP contribution in [0.4, 0.5) is 0 Å². The van der Waals surface area contributed by atoms with E-state index < -0.39 is 0 Å². The van der Waals surface area contributed by atoms with Crippen LogP contribution in [0.1, 0.15) is 25.8 Å². The number of amidine groups is 1. The third-order valence-electron chi connectivity index (χ3n) is 3.48. The van der Waals surface area contributed by atoms with Crippen LogP contribution in [0.25, 0.3) is 0 Å². The van der Waals surface area contributed by atoms with Crippen LogP contribution in [-0.4, -0.2) is 31.2 Å². The molecule has 1 aromatic carbocycles. The zero-order valence-corrected chi connectivity index (χ0v) is 12.5. The molecule has 0 aromatic heterocycles. The molecule has 0 heterocycles. The Labute approximate surface area is 120 Å². The lowest BCUT2D eigenvalue weighted by Crippen LogP contribution is -2.35. The van der Waals surface area contributed by atoms with Crippen LogP contribution in [0, 0.1) is 5.41 Å². The molecule has 1 rings (SSSR count). The molecule has 20 heavy (non-hydrogen) atoms. The van der Waals surface area contributed by atoms with Gasteiger partial charge in [0.15, 0.2) is 0 Å². The van der Waals surface area contributed by atoms with Crippen molar-refractivity contribution in [1.82, 2.24) is 5.32 Å². The topological polar surface area (TPSA) is 79.9 Å². The smallest absolute Gasteiger partial charge is 0.144 e. The summed E-state index contributed by atoms with van der Waals surface area (Å²) in [4.78, 5) is 0. The molecule has 0 saturated carbocycles. The Morgan fingerprint density at radius 2 is 1.95 bits per heavy atom. The number of oxime groups is 1. The summed E-state index contributed by atoms with van der Waals surface area (Å²) >= 11 is 0. The number of methoxy groups -OCH3 is 1. The first-order valence-corrected chi connectivity index (χ1v) is 6.81. The van der Waals surface area contributed by atoms with Gasteiger partial charge in [-0.25, -0.2) is 0 Å². The summed E-state index contributed by atoms with van der Waals surface area (Å²) in [5.41, 5.74) is 6.63.